The highest BCUT2D eigenvalue weighted by atomic mass is 14.7. The quantitative estimate of drug-likeness (QED) is 0.681. The van der Waals surface area contributed by atoms with Crippen molar-refractivity contribution < 1.29 is 0 Å². The van der Waals surface area contributed by atoms with Gasteiger partial charge in [0.25, 0.3) is 0 Å². The summed E-state index contributed by atoms with van der Waals surface area (Å²) in [6, 6.07) is 18.6. The van der Waals surface area contributed by atoms with Crippen LogP contribution in [0.5, 0.6) is 0 Å². The molecule has 2 heterocycles. The van der Waals surface area contributed by atoms with Gasteiger partial charge in [-0.05, 0) is 37.6 Å². The van der Waals surface area contributed by atoms with Crippen LogP contribution >= 0.6 is 0 Å². The van der Waals surface area contributed by atoms with Crippen LogP contribution in [0.15, 0.2) is 60.8 Å². The Balaban J connectivity index is 1.97. The van der Waals surface area contributed by atoms with Gasteiger partial charge in [-0.1, -0.05) is 36.4 Å². The SMILES string of the molecule is Cc1cc(-c2ccc(-c3ccccc3)nc2)cc(C)n1. The maximum Gasteiger partial charge on any atom is 0.0702 e. The van der Waals surface area contributed by atoms with Crippen LogP contribution < -0.4 is 0 Å². The molecule has 20 heavy (non-hydrogen) atoms. The smallest absolute Gasteiger partial charge is 0.0702 e. The molecule has 0 saturated heterocycles. The van der Waals surface area contributed by atoms with Gasteiger partial charge in [-0.15, -0.1) is 0 Å². The van der Waals surface area contributed by atoms with E-state index < -0.39 is 0 Å². The standard InChI is InChI=1S/C18H16N2/c1-13-10-17(11-14(2)20-13)16-8-9-18(19-12-16)15-6-4-3-5-7-15/h3-12H,1-2H3. The van der Waals surface area contributed by atoms with Crippen molar-refractivity contribution in [1.29, 1.82) is 0 Å². The second kappa shape index (κ2) is 5.25. The minimum absolute atomic E-state index is 0.997. The van der Waals surface area contributed by atoms with E-state index in [2.05, 4.69) is 46.4 Å². The van der Waals surface area contributed by atoms with Gasteiger partial charge in [0.2, 0.25) is 0 Å². The van der Waals surface area contributed by atoms with E-state index in [4.69, 9.17) is 0 Å². The van der Waals surface area contributed by atoms with E-state index >= 15 is 0 Å². The predicted octanol–water partition coefficient (Wildman–Crippen LogP) is 4.43. The summed E-state index contributed by atoms with van der Waals surface area (Å²) in [4.78, 5) is 8.97. The van der Waals surface area contributed by atoms with Crippen LogP contribution in [0.4, 0.5) is 0 Å². The lowest BCUT2D eigenvalue weighted by Crippen LogP contribution is -1.89. The Hall–Kier alpha value is -2.48. The minimum Gasteiger partial charge on any atom is -0.258 e. The molecule has 0 bridgehead atoms. The topological polar surface area (TPSA) is 25.8 Å². The summed E-state index contributed by atoms with van der Waals surface area (Å²) in [5.74, 6) is 0. The molecule has 1 aromatic carbocycles. The van der Waals surface area contributed by atoms with E-state index in [9.17, 15) is 0 Å². The van der Waals surface area contributed by atoms with Gasteiger partial charge in [0.15, 0.2) is 0 Å². The maximum absolute atomic E-state index is 4.56. The number of rotatable bonds is 2. The summed E-state index contributed by atoms with van der Waals surface area (Å²) < 4.78 is 0. The second-order valence-corrected chi connectivity index (χ2v) is 4.94. The third-order valence-corrected chi connectivity index (χ3v) is 3.25. The van der Waals surface area contributed by atoms with Crippen molar-refractivity contribution >= 4 is 0 Å². The molecular formula is C18H16N2. The molecule has 0 N–H and O–H groups in total. The summed E-state index contributed by atoms with van der Waals surface area (Å²) in [6.07, 6.45) is 1.93. The fourth-order valence-electron chi connectivity index (χ4n) is 2.35. The summed E-state index contributed by atoms with van der Waals surface area (Å²) in [7, 11) is 0. The molecule has 0 radical (unpaired) electrons. The number of aryl methyl sites for hydroxylation is 2. The lowest BCUT2D eigenvalue weighted by atomic mass is 10.1. The van der Waals surface area contributed by atoms with Crippen molar-refractivity contribution in [2.24, 2.45) is 0 Å². The molecule has 0 aliphatic rings. The van der Waals surface area contributed by atoms with Crippen molar-refractivity contribution in [2.45, 2.75) is 13.8 Å². The Kier molecular flexibility index (Phi) is 3.30. The second-order valence-electron chi connectivity index (χ2n) is 4.94. The summed E-state index contributed by atoms with van der Waals surface area (Å²) in [5, 5.41) is 0. The number of pyridine rings is 2. The first-order valence-electron chi connectivity index (χ1n) is 6.69. The van der Waals surface area contributed by atoms with Gasteiger partial charge < -0.3 is 0 Å². The highest BCUT2D eigenvalue weighted by Crippen LogP contribution is 2.23. The molecule has 2 heteroatoms. The van der Waals surface area contributed by atoms with E-state index in [1.165, 1.54) is 5.56 Å². The molecule has 2 aromatic heterocycles. The highest BCUT2D eigenvalue weighted by molar-refractivity contribution is 5.67. The first-order valence-corrected chi connectivity index (χ1v) is 6.69. The van der Waals surface area contributed by atoms with Crippen molar-refractivity contribution in [3.63, 3.8) is 0 Å². The van der Waals surface area contributed by atoms with E-state index in [0.29, 0.717) is 0 Å². The summed E-state index contributed by atoms with van der Waals surface area (Å²) >= 11 is 0. The van der Waals surface area contributed by atoms with Gasteiger partial charge in [0.05, 0.1) is 5.69 Å². The number of nitrogens with zero attached hydrogens (tertiary/aromatic N) is 2. The monoisotopic (exact) mass is 260 g/mol. The Morgan fingerprint density at radius 2 is 1.40 bits per heavy atom. The zero-order chi connectivity index (χ0) is 13.9. The summed E-state index contributed by atoms with van der Waals surface area (Å²) in [6.45, 7) is 4.03. The molecular weight excluding hydrogens is 244 g/mol. The fraction of sp³-hybridized carbons (Fsp3) is 0.111. The molecule has 0 atom stereocenters. The average Bonchev–Trinajstić information content (AvgIpc) is 2.47. The third-order valence-electron chi connectivity index (χ3n) is 3.25. The maximum atomic E-state index is 4.56. The van der Waals surface area contributed by atoms with Crippen LogP contribution in [0.25, 0.3) is 22.4 Å². The zero-order valence-corrected chi connectivity index (χ0v) is 11.7. The van der Waals surface area contributed by atoms with Gasteiger partial charge >= 0.3 is 0 Å². The van der Waals surface area contributed by atoms with E-state index in [1.807, 2.05) is 38.2 Å². The van der Waals surface area contributed by atoms with E-state index in [0.717, 1.165) is 28.2 Å². The largest absolute Gasteiger partial charge is 0.258 e. The first-order chi connectivity index (χ1) is 9.72. The van der Waals surface area contributed by atoms with Crippen LogP contribution in [-0.2, 0) is 0 Å². The molecule has 2 nitrogen and oxygen atoms in total. The van der Waals surface area contributed by atoms with Gasteiger partial charge in [-0.3, -0.25) is 9.97 Å². The van der Waals surface area contributed by atoms with E-state index in [-0.39, 0.29) is 0 Å². The van der Waals surface area contributed by atoms with Crippen molar-refractivity contribution in [3.8, 4) is 22.4 Å². The molecule has 0 amide bonds. The Morgan fingerprint density at radius 1 is 0.700 bits per heavy atom. The van der Waals surface area contributed by atoms with E-state index in [1.54, 1.807) is 0 Å². The van der Waals surface area contributed by atoms with Gasteiger partial charge in [-0.2, -0.15) is 0 Å². The Labute approximate surface area is 119 Å². The predicted molar refractivity (Wildman–Crippen MR) is 82.4 cm³/mol. The molecule has 0 saturated carbocycles. The fourth-order valence-corrected chi connectivity index (χ4v) is 2.35. The molecule has 98 valence electrons. The van der Waals surface area contributed by atoms with Crippen LogP contribution in [0.2, 0.25) is 0 Å². The Morgan fingerprint density at radius 3 is 2.00 bits per heavy atom. The molecule has 0 spiro atoms. The molecule has 0 aliphatic carbocycles. The highest BCUT2D eigenvalue weighted by Gasteiger charge is 2.03. The van der Waals surface area contributed by atoms with Gasteiger partial charge in [-0.25, -0.2) is 0 Å². The molecule has 0 fully saturated rings. The molecule has 3 aromatic rings. The molecule has 3 rings (SSSR count). The molecule has 0 unspecified atom stereocenters. The number of hydrogen-bond acceptors (Lipinski definition) is 2. The lowest BCUT2D eigenvalue weighted by molar-refractivity contribution is 1.12. The number of hydrogen-bond donors (Lipinski definition) is 0. The molecule has 0 aliphatic heterocycles. The first kappa shape index (κ1) is 12.5. The van der Waals surface area contributed by atoms with Gasteiger partial charge in [0.1, 0.15) is 0 Å². The van der Waals surface area contributed by atoms with Crippen molar-refractivity contribution in [2.75, 3.05) is 0 Å². The van der Waals surface area contributed by atoms with Crippen molar-refractivity contribution in [3.05, 3.63) is 72.2 Å². The average molecular weight is 260 g/mol. The van der Waals surface area contributed by atoms with Crippen LogP contribution in [0.3, 0.4) is 0 Å². The Bertz CT molecular complexity index is 696. The van der Waals surface area contributed by atoms with Gasteiger partial charge in [0, 0.05) is 28.7 Å². The summed E-state index contributed by atoms with van der Waals surface area (Å²) in [5.41, 5.74) is 6.50. The van der Waals surface area contributed by atoms with Crippen molar-refractivity contribution in [1.82, 2.24) is 9.97 Å². The number of benzene rings is 1. The minimum atomic E-state index is 0.997. The lowest BCUT2D eigenvalue weighted by Gasteiger charge is -2.06. The normalized spacial score (nSPS) is 10.5. The van der Waals surface area contributed by atoms with Crippen LogP contribution in [0.1, 0.15) is 11.4 Å². The number of aromatic nitrogens is 2. The third kappa shape index (κ3) is 2.59. The van der Waals surface area contributed by atoms with Crippen LogP contribution in [-0.4, -0.2) is 9.97 Å². The van der Waals surface area contributed by atoms with Crippen LogP contribution in [0, 0.1) is 13.8 Å². The zero-order valence-electron chi connectivity index (χ0n) is 11.7.